The molecule has 0 radical (unpaired) electrons. The van der Waals surface area contributed by atoms with E-state index in [0.29, 0.717) is 0 Å². The van der Waals surface area contributed by atoms with E-state index in [9.17, 15) is 4.79 Å². The zero-order chi connectivity index (χ0) is 13.3. The molecule has 1 unspecified atom stereocenters. The Morgan fingerprint density at radius 2 is 2.28 bits per heavy atom. The van der Waals surface area contributed by atoms with E-state index >= 15 is 0 Å². The first-order chi connectivity index (χ1) is 8.35. The molecule has 98 valence electrons. The Balaban J connectivity index is 2.04. The van der Waals surface area contributed by atoms with Gasteiger partial charge in [-0.1, -0.05) is 0 Å². The number of nitrogens with one attached hydrogen (secondary N) is 1. The molecule has 0 aromatic carbocycles. The van der Waals surface area contributed by atoms with Crippen molar-refractivity contribution in [3.8, 4) is 0 Å². The number of aryl methyl sites for hydroxylation is 1. The number of hydrogen-bond acceptors (Lipinski definition) is 3. The number of ether oxygens (including phenoxy) is 1. The fraction of sp³-hybridized carbons (Fsp3) is 0.538. The highest BCUT2D eigenvalue weighted by molar-refractivity contribution is 9.10. The van der Waals surface area contributed by atoms with Crippen molar-refractivity contribution in [2.24, 2.45) is 0 Å². The highest BCUT2D eigenvalue weighted by Crippen LogP contribution is 2.31. The van der Waals surface area contributed by atoms with Gasteiger partial charge in [-0.05, 0) is 61.2 Å². The highest BCUT2D eigenvalue weighted by Gasteiger charge is 2.27. The molecule has 1 aliphatic rings. The average molecular weight is 313 g/mol. The number of hydrogen-bond donors (Lipinski definition) is 1. The molecule has 5 heteroatoms. The topological polar surface area (TPSA) is 51.2 Å². The molecule has 1 aromatic heterocycles. The van der Waals surface area contributed by atoms with E-state index in [0.717, 1.165) is 23.0 Å². The summed E-state index contributed by atoms with van der Waals surface area (Å²) in [7, 11) is 0. The van der Waals surface area contributed by atoms with Crippen LogP contribution in [0.5, 0.6) is 0 Å². The maximum Gasteiger partial charge on any atom is 0.408 e. The van der Waals surface area contributed by atoms with Gasteiger partial charge < -0.3 is 10.1 Å². The molecule has 1 aliphatic carbocycles. The summed E-state index contributed by atoms with van der Waals surface area (Å²) < 4.78 is 6.22. The lowest BCUT2D eigenvalue weighted by atomic mass is 10.2. The number of pyridine rings is 1. The summed E-state index contributed by atoms with van der Waals surface area (Å²) in [6, 6.07) is 2.02. The highest BCUT2D eigenvalue weighted by atomic mass is 79.9. The van der Waals surface area contributed by atoms with E-state index < -0.39 is 5.60 Å². The first-order valence-electron chi connectivity index (χ1n) is 5.99. The minimum Gasteiger partial charge on any atom is -0.444 e. The van der Waals surface area contributed by atoms with E-state index in [4.69, 9.17) is 4.74 Å². The molecule has 18 heavy (non-hydrogen) atoms. The Kier molecular flexibility index (Phi) is 3.61. The van der Waals surface area contributed by atoms with Crippen LogP contribution in [0.4, 0.5) is 4.79 Å². The van der Waals surface area contributed by atoms with Gasteiger partial charge in [0, 0.05) is 10.7 Å². The third-order valence-corrected chi connectivity index (χ3v) is 3.13. The Hall–Kier alpha value is -1.10. The number of fused-ring (bicyclic) bond motifs is 1. The molecule has 0 spiro atoms. The molecule has 1 N–H and O–H groups in total. The van der Waals surface area contributed by atoms with Crippen molar-refractivity contribution in [1.29, 1.82) is 0 Å². The van der Waals surface area contributed by atoms with Crippen LogP contribution in [0.25, 0.3) is 0 Å². The van der Waals surface area contributed by atoms with Crippen molar-refractivity contribution in [1.82, 2.24) is 10.3 Å². The van der Waals surface area contributed by atoms with E-state index in [-0.39, 0.29) is 12.1 Å². The molecule has 0 aliphatic heterocycles. The number of nitrogens with zero attached hydrogens (tertiary/aromatic N) is 1. The van der Waals surface area contributed by atoms with Gasteiger partial charge in [-0.2, -0.15) is 0 Å². The molecule has 1 heterocycles. The largest absolute Gasteiger partial charge is 0.444 e. The van der Waals surface area contributed by atoms with Crippen LogP contribution in [0.2, 0.25) is 0 Å². The average Bonchev–Trinajstić information content (AvgIpc) is 2.57. The standard InChI is InChI=1S/C13H17BrN2O2/c1-13(2,3)18-12(17)16-10-5-4-8-6-9(14)7-15-11(8)10/h6-7,10H,4-5H2,1-3H3,(H,16,17). The predicted molar refractivity (Wildman–Crippen MR) is 72.4 cm³/mol. The number of halogens is 1. The van der Waals surface area contributed by atoms with Gasteiger partial charge in [0.15, 0.2) is 0 Å². The molecule has 0 fully saturated rings. The minimum atomic E-state index is -0.474. The van der Waals surface area contributed by atoms with Crippen LogP contribution in [0.1, 0.15) is 44.5 Å². The van der Waals surface area contributed by atoms with E-state index in [2.05, 4.69) is 32.3 Å². The molecule has 0 saturated heterocycles. The molecular formula is C13H17BrN2O2. The summed E-state index contributed by atoms with van der Waals surface area (Å²) in [4.78, 5) is 16.1. The maximum atomic E-state index is 11.7. The SMILES string of the molecule is CC(C)(C)OC(=O)NC1CCc2cc(Br)cnc21. The molecule has 1 atom stereocenters. The van der Waals surface area contributed by atoms with Crippen molar-refractivity contribution in [2.45, 2.75) is 45.3 Å². The van der Waals surface area contributed by atoms with E-state index in [1.165, 1.54) is 5.56 Å². The summed E-state index contributed by atoms with van der Waals surface area (Å²) in [5.74, 6) is 0. The van der Waals surface area contributed by atoms with Gasteiger partial charge in [-0.3, -0.25) is 4.98 Å². The van der Waals surface area contributed by atoms with Crippen LogP contribution < -0.4 is 5.32 Å². The Bertz CT molecular complexity index is 469. The van der Waals surface area contributed by atoms with Gasteiger partial charge >= 0.3 is 6.09 Å². The Labute approximate surface area is 115 Å². The first kappa shape index (κ1) is 13.3. The lowest BCUT2D eigenvalue weighted by Gasteiger charge is -2.21. The third kappa shape index (κ3) is 3.22. The number of amides is 1. The molecule has 1 aromatic rings. The molecule has 0 bridgehead atoms. The van der Waals surface area contributed by atoms with Gasteiger partial charge in [0.2, 0.25) is 0 Å². The second-order valence-electron chi connectivity index (χ2n) is 5.44. The van der Waals surface area contributed by atoms with Crippen molar-refractivity contribution < 1.29 is 9.53 Å². The van der Waals surface area contributed by atoms with Crippen molar-refractivity contribution in [3.05, 3.63) is 28.0 Å². The molecule has 0 saturated carbocycles. The maximum absolute atomic E-state index is 11.7. The van der Waals surface area contributed by atoms with E-state index in [1.807, 2.05) is 20.8 Å². The van der Waals surface area contributed by atoms with Crippen LogP contribution in [-0.2, 0) is 11.2 Å². The van der Waals surface area contributed by atoms with Crippen LogP contribution in [0, 0.1) is 0 Å². The number of rotatable bonds is 1. The minimum absolute atomic E-state index is 0.0389. The quantitative estimate of drug-likeness (QED) is 0.865. The van der Waals surface area contributed by atoms with Crippen LogP contribution >= 0.6 is 15.9 Å². The zero-order valence-electron chi connectivity index (χ0n) is 10.8. The molecule has 4 nitrogen and oxygen atoms in total. The van der Waals surface area contributed by atoms with Crippen molar-refractivity contribution in [2.75, 3.05) is 0 Å². The monoisotopic (exact) mass is 312 g/mol. The lowest BCUT2D eigenvalue weighted by Crippen LogP contribution is -2.34. The smallest absolute Gasteiger partial charge is 0.408 e. The summed E-state index contributed by atoms with van der Waals surface area (Å²) in [6.07, 6.45) is 3.18. The third-order valence-electron chi connectivity index (χ3n) is 2.69. The second kappa shape index (κ2) is 4.88. The van der Waals surface area contributed by atoms with Crippen LogP contribution in [-0.4, -0.2) is 16.7 Å². The summed E-state index contributed by atoms with van der Waals surface area (Å²) in [6.45, 7) is 5.56. The van der Waals surface area contributed by atoms with Gasteiger partial charge in [-0.15, -0.1) is 0 Å². The van der Waals surface area contributed by atoms with Gasteiger partial charge in [0.1, 0.15) is 5.60 Å². The molecular weight excluding hydrogens is 296 g/mol. The first-order valence-corrected chi connectivity index (χ1v) is 6.78. The summed E-state index contributed by atoms with van der Waals surface area (Å²) in [5, 5.41) is 2.87. The number of carbonyl (C=O) groups excluding carboxylic acids is 1. The lowest BCUT2D eigenvalue weighted by molar-refractivity contribution is 0.0503. The normalized spacial score (nSPS) is 18.3. The summed E-state index contributed by atoms with van der Waals surface area (Å²) in [5.41, 5.74) is 1.66. The zero-order valence-corrected chi connectivity index (χ0v) is 12.4. The summed E-state index contributed by atoms with van der Waals surface area (Å²) >= 11 is 3.40. The van der Waals surface area contributed by atoms with Crippen LogP contribution in [0.3, 0.4) is 0 Å². The number of carbonyl (C=O) groups is 1. The van der Waals surface area contributed by atoms with Crippen molar-refractivity contribution in [3.63, 3.8) is 0 Å². The van der Waals surface area contributed by atoms with Gasteiger partial charge in [0.05, 0.1) is 11.7 Å². The molecule has 2 rings (SSSR count). The molecule has 1 amide bonds. The fourth-order valence-corrected chi connectivity index (χ4v) is 2.41. The van der Waals surface area contributed by atoms with Crippen molar-refractivity contribution >= 4 is 22.0 Å². The fourth-order valence-electron chi connectivity index (χ4n) is 2.03. The van der Waals surface area contributed by atoms with E-state index in [1.54, 1.807) is 6.20 Å². The second-order valence-corrected chi connectivity index (χ2v) is 6.35. The van der Waals surface area contributed by atoms with Gasteiger partial charge in [0.25, 0.3) is 0 Å². The Morgan fingerprint density at radius 1 is 1.56 bits per heavy atom. The number of aromatic nitrogens is 1. The number of alkyl carbamates (subject to hydrolysis) is 1. The van der Waals surface area contributed by atoms with Crippen LogP contribution in [0.15, 0.2) is 16.7 Å². The predicted octanol–water partition coefficient (Wildman–Crippen LogP) is 3.36. The van der Waals surface area contributed by atoms with Gasteiger partial charge in [-0.25, -0.2) is 4.79 Å². The Morgan fingerprint density at radius 3 is 2.94 bits per heavy atom.